The van der Waals surface area contributed by atoms with Crippen molar-refractivity contribution in [3.63, 3.8) is 0 Å². The van der Waals surface area contributed by atoms with Crippen molar-refractivity contribution in [2.45, 2.75) is 55.7 Å². The van der Waals surface area contributed by atoms with E-state index in [2.05, 4.69) is 15.2 Å². The number of aromatic amines is 1. The number of thioether (sulfide) groups is 1. The number of cyclic esters (lactones) is 1. The third-order valence-corrected chi connectivity index (χ3v) is 7.47. The Morgan fingerprint density at radius 1 is 1.29 bits per heavy atom. The summed E-state index contributed by atoms with van der Waals surface area (Å²) in [5.74, 6) is 1.26. The fourth-order valence-electron chi connectivity index (χ4n) is 4.58. The molecule has 1 aromatic carbocycles. The molecule has 1 aromatic heterocycles. The van der Waals surface area contributed by atoms with Crippen LogP contribution in [0.5, 0.6) is 5.75 Å². The zero-order valence-corrected chi connectivity index (χ0v) is 19.2. The molecule has 166 valence electrons. The van der Waals surface area contributed by atoms with Crippen molar-refractivity contribution in [2.24, 2.45) is 5.92 Å². The summed E-state index contributed by atoms with van der Waals surface area (Å²) in [7, 11) is 3.21. The number of carbonyl (C=O) groups is 1. The number of ether oxygens (including phenoxy) is 3. The summed E-state index contributed by atoms with van der Waals surface area (Å²) < 4.78 is 17.2. The molecule has 2 aliphatic rings. The quantitative estimate of drug-likeness (QED) is 0.555. The van der Waals surface area contributed by atoms with Crippen LogP contribution in [-0.2, 0) is 20.7 Å². The van der Waals surface area contributed by atoms with Crippen molar-refractivity contribution < 1.29 is 19.0 Å². The number of hydrogen-bond donors (Lipinski definition) is 1. The van der Waals surface area contributed by atoms with E-state index in [4.69, 9.17) is 25.8 Å². The summed E-state index contributed by atoms with van der Waals surface area (Å²) in [5.41, 5.74) is 0.501. The molecule has 0 saturated heterocycles. The number of nitrogens with one attached hydrogen (secondary N) is 1. The van der Waals surface area contributed by atoms with E-state index < -0.39 is 5.60 Å². The van der Waals surface area contributed by atoms with E-state index in [-0.39, 0.29) is 5.97 Å². The molecule has 1 aliphatic carbocycles. The molecule has 1 atom stereocenters. The molecule has 0 amide bonds. The van der Waals surface area contributed by atoms with Gasteiger partial charge in [0.15, 0.2) is 5.16 Å². The van der Waals surface area contributed by atoms with E-state index in [9.17, 15) is 4.79 Å². The normalized spacial score (nSPS) is 22.0. The Balaban J connectivity index is 1.59. The zero-order valence-electron chi connectivity index (χ0n) is 17.7. The molecule has 31 heavy (non-hydrogen) atoms. The van der Waals surface area contributed by atoms with Crippen LogP contribution in [0.25, 0.3) is 0 Å². The Bertz CT molecular complexity index is 960. The van der Waals surface area contributed by atoms with Crippen LogP contribution in [0.15, 0.2) is 40.3 Å². The van der Waals surface area contributed by atoms with Crippen molar-refractivity contribution in [1.29, 1.82) is 0 Å². The highest BCUT2D eigenvalue weighted by atomic mass is 35.5. The molecule has 1 aliphatic heterocycles. The fourth-order valence-corrected chi connectivity index (χ4v) is 5.65. The SMILES string of the molecule is COC1=C(Sc2ncn[nH]2)C(=O)OC(CCc2ccc(OC)c(Cl)c2)(C2CCCC2)C1. The Kier molecular flexibility index (Phi) is 6.77. The van der Waals surface area contributed by atoms with Crippen molar-refractivity contribution in [3.8, 4) is 5.75 Å². The summed E-state index contributed by atoms with van der Waals surface area (Å²) >= 11 is 7.51. The lowest BCUT2D eigenvalue weighted by molar-refractivity contribution is -0.166. The van der Waals surface area contributed by atoms with E-state index in [0.717, 1.165) is 37.7 Å². The molecule has 2 heterocycles. The van der Waals surface area contributed by atoms with Crippen LogP contribution in [0, 0.1) is 5.92 Å². The van der Waals surface area contributed by atoms with Gasteiger partial charge in [-0.1, -0.05) is 30.5 Å². The third-order valence-electron chi connectivity index (χ3n) is 6.18. The number of nitrogens with zero attached hydrogens (tertiary/aromatic N) is 2. The van der Waals surface area contributed by atoms with Crippen LogP contribution in [0.3, 0.4) is 0 Å². The Labute approximate surface area is 190 Å². The smallest absolute Gasteiger partial charge is 0.349 e. The number of benzene rings is 1. The summed E-state index contributed by atoms with van der Waals surface area (Å²) in [5, 5.41) is 7.73. The lowest BCUT2D eigenvalue weighted by atomic mass is 9.77. The summed E-state index contributed by atoms with van der Waals surface area (Å²) in [6.45, 7) is 0. The maximum atomic E-state index is 13.1. The van der Waals surface area contributed by atoms with Crippen molar-refractivity contribution in [1.82, 2.24) is 15.2 Å². The molecule has 2 aromatic rings. The largest absolute Gasteiger partial charge is 0.499 e. The Hall–Kier alpha value is -2.19. The molecular weight excluding hydrogens is 438 g/mol. The number of carbonyl (C=O) groups excluding carboxylic acids is 1. The van der Waals surface area contributed by atoms with Gasteiger partial charge >= 0.3 is 5.97 Å². The Morgan fingerprint density at radius 3 is 2.74 bits per heavy atom. The predicted octanol–water partition coefficient (Wildman–Crippen LogP) is 4.93. The number of aromatic nitrogens is 3. The van der Waals surface area contributed by atoms with E-state index in [0.29, 0.717) is 45.4 Å². The van der Waals surface area contributed by atoms with Crippen LogP contribution in [0.4, 0.5) is 0 Å². The number of esters is 1. The lowest BCUT2D eigenvalue weighted by Crippen LogP contribution is -2.46. The zero-order chi connectivity index (χ0) is 21.8. The molecule has 9 heteroatoms. The molecule has 1 saturated carbocycles. The summed E-state index contributed by atoms with van der Waals surface area (Å²) in [6, 6.07) is 5.81. The number of methoxy groups -OCH3 is 2. The highest BCUT2D eigenvalue weighted by Gasteiger charge is 2.48. The van der Waals surface area contributed by atoms with Crippen LogP contribution < -0.4 is 4.74 Å². The first-order valence-corrected chi connectivity index (χ1v) is 11.6. The predicted molar refractivity (Wildman–Crippen MR) is 118 cm³/mol. The third kappa shape index (κ3) is 4.70. The van der Waals surface area contributed by atoms with Crippen molar-refractivity contribution in [3.05, 3.63) is 45.8 Å². The van der Waals surface area contributed by atoms with Gasteiger partial charge in [0, 0.05) is 6.42 Å². The number of rotatable bonds is 8. The minimum atomic E-state index is -0.587. The second-order valence-electron chi connectivity index (χ2n) is 7.93. The van der Waals surface area contributed by atoms with E-state index in [1.54, 1.807) is 14.2 Å². The van der Waals surface area contributed by atoms with Gasteiger partial charge in [-0.25, -0.2) is 9.78 Å². The number of H-pyrrole nitrogens is 1. The molecule has 1 fully saturated rings. The first-order valence-electron chi connectivity index (χ1n) is 10.4. The van der Waals surface area contributed by atoms with Gasteiger partial charge in [0.25, 0.3) is 0 Å². The van der Waals surface area contributed by atoms with Crippen LogP contribution in [-0.4, -0.2) is 41.0 Å². The molecule has 0 spiro atoms. The topological polar surface area (TPSA) is 86.3 Å². The molecule has 0 bridgehead atoms. The monoisotopic (exact) mass is 463 g/mol. The minimum Gasteiger partial charge on any atom is -0.499 e. The highest BCUT2D eigenvalue weighted by molar-refractivity contribution is 8.03. The molecule has 4 rings (SSSR count). The first kappa shape index (κ1) is 22.0. The van der Waals surface area contributed by atoms with Gasteiger partial charge in [0.05, 0.1) is 19.2 Å². The summed E-state index contributed by atoms with van der Waals surface area (Å²) in [4.78, 5) is 17.7. The highest BCUT2D eigenvalue weighted by Crippen LogP contribution is 2.48. The second kappa shape index (κ2) is 9.53. The fraction of sp³-hybridized carbons (Fsp3) is 0.500. The van der Waals surface area contributed by atoms with E-state index in [1.165, 1.54) is 18.1 Å². The first-order chi connectivity index (χ1) is 15.0. The second-order valence-corrected chi connectivity index (χ2v) is 9.34. The van der Waals surface area contributed by atoms with Gasteiger partial charge in [-0.15, -0.1) is 0 Å². The van der Waals surface area contributed by atoms with Gasteiger partial charge in [-0.05, 0) is 61.1 Å². The Morgan fingerprint density at radius 2 is 2.10 bits per heavy atom. The van der Waals surface area contributed by atoms with Crippen LogP contribution in [0.2, 0.25) is 5.02 Å². The maximum absolute atomic E-state index is 13.1. The molecule has 7 nitrogen and oxygen atoms in total. The van der Waals surface area contributed by atoms with Crippen molar-refractivity contribution >= 4 is 29.3 Å². The number of halogens is 1. The van der Waals surface area contributed by atoms with Gasteiger partial charge in [0.2, 0.25) is 0 Å². The molecule has 1 N–H and O–H groups in total. The maximum Gasteiger partial charge on any atom is 0.349 e. The van der Waals surface area contributed by atoms with Gasteiger partial charge in [-0.2, -0.15) is 5.10 Å². The van der Waals surface area contributed by atoms with Crippen molar-refractivity contribution in [2.75, 3.05) is 14.2 Å². The molecule has 0 radical (unpaired) electrons. The van der Waals surface area contributed by atoms with Gasteiger partial charge < -0.3 is 14.2 Å². The average Bonchev–Trinajstić information content (AvgIpc) is 3.48. The van der Waals surface area contributed by atoms with E-state index >= 15 is 0 Å². The van der Waals surface area contributed by atoms with Gasteiger partial charge in [-0.3, -0.25) is 5.10 Å². The lowest BCUT2D eigenvalue weighted by Gasteiger charge is -2.42. The number of hydrogen-bond acceptors (Lipinski definition) is 7. The standard InChI is InChI=1S/C22H26ClN3O4S/c1-28-17-8-7-14(11-16(17)23)9-10-22(15-5-3-4-6-15)12-18(29-2)19(20(27)30-22)31-21-24-13-25-26-21/h7-8,11,13,15H,3-6,9-10,12H2,1-2H3,(H,24,25,26). The van der Waals surface area contributed by atoms with Crippen LogP contribution >= 0.6 is 23.4 Å². The number of aryl methyl sites for hydroxylation is 1. The molecule has 1 unspecified atom stereocenters. The molecular formula is C22H26ClN3O4S. The van der Waals surface area contributed by atoms with E-state index in [1.807, 2.05) is 18.2 Å². The van der Waals surface area contributed by atoms with Gasteiger partial charge in [0.1, 0.15) is 28.3 Å². The minimum absolute atomic E-state index is 0.312. The summed E-state index contributed by atoms with van der Waals surface area (Å²) in [6.07, 6.45) is 7.84. The van der Waals surface area contributed by atoms with Crippen LogP contribution in [0.1, 0.15) is 44.1 Å². The average molecular weight is 464 g/mol.